The van der Waals surface area contributed by atoms with Crippen molar-refractivity contribution < 1.29 is 9.59 Å². The van der Waals surface area contributed by atoms with Crippen LogP contribution in [-0.2, 0) is 16.0 Å². The minimum absolute atomic E-state index is 0. The van der Waals surface area contributed by atoms with Crippen LogP contribution in [0.2, 0.25) is 0 Å². The lowest BCUT2D eigenvalue weighted by Gasteiger charge is -2.23. The first kappa shape index (κ1) is 21.2. The number of rotatable bonds is 4. The molecule has 2 heterocycles. The summed E-state index contributed by atoms with van der Waals surface area (Å²) in [6, 6.07) is 6.82. The van der Waals surface area contributed by atoms with Gasteiger partial charge in [-0.2, -0.15) is 0 Å². The summed E-state index contributed by atoms with van der Waals surface area (Å²) >= 11 is 1.37. The van der Waals surface area contributed by atoms with Crippen LogP contribution in [0.5, 0.6) is 0 Å². The lowest BCUT2D eigenvalue weighted by molar-refractivity contribution is -0.136. The van der Waals surface area contributed by atoms with E-state index in [1.807, 2.05) is 12.1 Å². The van der Waals surface area contributed by atoms with Gasteiger partial charge in [-0.1, -0.05) is 12.1 Å². The number of hydrogen-bond donors (Lipinski definition) is 2. The minimum Gasteiger partial charge on any atom is -0.399 e. The zero-order valence-electron chi connectivity index (χ0n) is 13.4. The standard InChI is InChI=1S/C16H18N4O2S.2ClH/c17-12-5-3-11(4-6-12)10-14(21)20-8-1-2-13(20)15(22)19-16-18-7-9-23-16;;/h3-7,9,13H,1-2,8,10,17H2,(H,18,19,22);2*1H. The third kappa shape index (κ3) is 5.32. The molecular weight excluding hydrogens is 383 g/mol. The maximum absolute atomic E-state index is 12.5. The summed E-state index contributed by atoms with van der Waals surface area (Å²) in [4.78, 5) is 30.6. The predicted molar refractivity (Wildman–Crippen MR) is 105 cm³/mol. The van der Waals surface area contributed by atoms with E-state index in [2.05, 4.69) is 10.3 Å². The van der Waals surface area contributed by atoms with Gasteiger partial charge < -0.3 is 16.0 Å². The van der Waals surface area contributed by atoms with Crippen molar-refractivity contribution in [2.45, 2.75) is 25.3 Å². The highest BCUT2D eigenvalue weighted by Crippen LogP contribution is 2.21. The van der Waals surface area contributed by atoms with Gasteiger partial charge in [0.2, 0.25) is 11.8 Å². The van der Waals surface area contributed by atoms with Crippen molar-refractivity contribution in [3.63, 3.8) is 0 Å². The number of nitrogens with one attached hydrogen (secondary N) is 1. The maximum Gasteiger partial charge on any atom is 0.248 e. The molecule has 1 aromatic carbocycles. The number of nitrogens with two attached hydrogens (primary N) is 1. The molecule has 1 atom stereocenters. The van der Waals surface area contributed by atoms with E-state index in [9.17, 15) is 9.59 Å². The third-order valence-electron chi connectivity index (χ3n) is 3.87. The number of halogens is 2. The van der Waals surface area contributed by atoms with Crippen molar-refractivity contribution in [1.29, 1.82) is 0 Å². The average Bonchev–Trinajstić information content (AvgIpc) is 3.20. The van der Waals surface area contributed by atoms with Gasteiger partial charge in [-0.3, -0.25) is 9.59 Å². The number of thiazole rings is 1. The molecule has 0 aliphatic carbocycles. The van der Waals surface area contributed by atoms with Crippen LogP contribution in [0.3, 0.4) is 0 Å². The average molecular weight is 403 g/mol. The Morgan fingerprint density at radius 1 is 1.28 bits per heavy atom. The van der Waals surface area contributed by atoms with Gasteiger partial charge in [-0.05, 0) is 30.5 Å². The number of amides is 2. The Balaban J connectivity index is 0.00000156. The molecule has 1 unspecified atom stereocenters. The lowest BCUT2D eigenvalue weighted by Crippen LogP contribution is -2.43. The number of benzene rings is 1. The molecule has 9 heteroatoms. The van der Waals surface area contributed by atoms with Crippen LogP contribution in [0.1, 0.15) is 18.4 Å². The second-order valence-corrected chi connectivity index (χ2v) is 6.38. The van der Waals surface area contributed by atoms with Crippen LogP contribution in [0.15, 0.2) is 35.8 Å². The zero-order valence-corrected chi connectivity index (χ0v) is 15.8. The Morgan fingerprint density at radius 2 is 2.00 bits per heavy atom. The number of nitrogen functional groups attached to an aromatic ring is 1. The number of aromatic nitrogens is 1. The summed E-state index contributed by atoms with van der Waals surface area (Å²) in [7, 11) is 0. The maximum atomic E-state index is 12.5. The molecule has 6 nitrogen and oxygen atoms in total. The highest BCUT2D eigenvalue weighted by molar-refractivity contribution is 7.13. The molecule has 0 radical (unpaired) electrons. The molecule has 0 spiro atoms. The van der Waals surface area contributed by atoms with Crippen LogP contribution in [0.25, 0.3) is 0 Å². The monoisotopic (exact) mass is 402 g/mol. The summed E-state index contributed by atoms with van der Waals surface area (Å²) in [5.74, 6) is -0.199. The SMILES string of the molecule is Cl.Cl.Nc1ccc(CC(=O)N2CCCC2C(=O)Nc2nccs2)cc1. The van der Waals surface area contributed by atoms with E-state index in [0.29, 0.717) is 23.8 Å². The molecule has 1 saturated heterocycles. The van der Waals surface area contributed by atoms with Crippen LogP contribution < -0.4 is 11.1 Å². The number of carbonyl (C=O) groups is 2. The quantitative estimate of drug-likeness (QED) is 0.769. The second-order valence-electron chi connectivity index (χ2n) is 5.49. The Labute approximate surface area is 162 Å². The van der Waals surface area contributed by atoms with E-state index in [0.717, 1.165) is 12.0 Å². The summed E-state index contributed by atoms with van der Waals surface area (Å²) in [6.45, 7) is 0.615. The molecule has 1 aromatic heterocycles. The predicted octanol–water partition coefficient (Wildman–Crippen LogP) is 2.74. The molecule has 1 fully saturated rings. The van der Waals surface area contributed by atoms with E-state index < -0.39 is 6.04 Å². The normalized spacial score (nSPS) is 15.8. The Hall–Kier alpha value is -1.83. The number of carbonyl (C=O) groups excluding carboxylic acids is 2. The summed E-state index contributed by atoms with van der Waals surface area (Å²) < 4.78 is 0. The molecule has 0 saturated carbocycles. The Kier molecular flexibility index (Phi) is 8.15. The molecule has 3 rings (SSSR count). The number of anilines is 2. The minimum atomic E-state index is -0.416. The van der Waals surface area contributed by atoms with Gasteiger partial charge in [-0.25, -0.2) is 4.98 Å². The topological polar surface area (TPSA) is 88.3 Å². The van der Waals surface area contributed by atoms with E-state index in [1.54, 1.807) is 28.6 Å². The third-order valence-corrected chi connectivity index (χ3v) is 4.56. The van der Waals surface area contributed by atoms with Crippen LogP contribution >= 0.6 is 36.2 Å². The van der Waals surface area contributed by atoms with Crippen molar-refractivity contribution in [1.82, 2.24) is 9.88 Å². The van der Waals surface area contributed by atoms with Crippen molar-refractivity contribution >= 4 is 58.8 Å². The van der Waals surface area contributed by atoms with Crippen molar-refractivity contribution in [3.05, 3.63) is 41.4 Å². The smallest absolute Gasteiger partial charge is 0.248 e. The van der Waals surface area contributed by atoms with Gasteiger partial charge in [0, 0.05) is 23.8 Å². The van der Waals surface area contributed by atoms with Gasteiger partial charge >= 0.3 is 0 Å². The summed E-state index contributed by atoms with van der Waals surface area (Å²) in [5, 5.41) is 5.14. The summed E-state index contributed by atoms with van der Waals surface area (Å²) in [6.07, 6.45) is 3.44. The first-order valence-corrected chi connectivity index (χ1v) is 8.35. The van der Waals surface area contributed by atoms with E-state index in [-0.39, 0.29) is 43.0 Å². The van der Waals surface area contributed by atoms with Gasteiger partial charge in [-0.15, -0.1) is 36.2 Å². The van der Waals surface area contributed by atoms with Gasteiger partial charge in [0.05, 0.1) is 6.42 Å². The molecule has 3 N–H and O–H groups in total. The molecule has 136 valence electrons. The molecule has 2 amide bonds. The number of nitrogens with zero attached hydrogens (tertiary/aromatic N) is 2. The van der Waals surface area contributed by atoms with Gasteiger partial charge in [0.15, 0.2) is 5.13 Å². The van der Waals surface area contributed by atoms with Crippen molar-refractivity contribution in [2.24, 2.45) is 0 Å². The van der Waals surface area contributed by atoms with Gasteiger partial charge in [0.25, 0.3) is 0 Å². The molecule has 2 aromatic rings. The second kappa shape index (κ2) is 9.60. The summed E-state index contributed by atoms with van der Waals surface area (Å²) in [5.41, 5.74) is 7.22. The first-order valence-electron chi connectivity index (χ1n) is 7.48. The Morgan fingerprint density at radius 3 is 2.64 bits per heavy atom. The van der Waals surface area contributed by atoms with Crippen LogP contribution in [0.4, 0.5) is 10.8 Å². The highest BCUT2D eigenvalue weighted by atomic mass is 35.5. The van der Waals surface area contributed by atoms with Crippen LogP contribution in [0, 0.1) is 0 Å². The highest BCUT2D eigenvalue weighted by Gasteiger charge is 2.34. The lowest BCUT2D eigenvalue weighted by atomic mass is 10.1. The van der Waals surface area contributed by atoms with E-state index in [4.69, 9.17) is 5.73 Å². The van der Waals surface area contributed by atoms with Crippen LogP contribution in [-0.4, -0.2) is 34.3 Å². The Bertz CT molecular complexity index is 695. The molecule has 1 aliphatic rings. The fourth-order valence-electron chi connectivity index (χ4n) is 2.72. The molecule has 25 heavy (non-hydrogen) atoms. The molecule has 0 bridgehead atoms. The van der Waals surface area contributed by atoms with E-state index in [1.165, 1.54) is 11.3 Å². The molecule has 1 aliphatic heterocycles. The number of likely N-dealkylation sites (tertiary alicyclic amines) is 1. The zero-order chi connectivity index (χ0) is 16.2. The fraction of sp³-hybridized carbons (Fsp3) is 0.312. The van der Waals surface area contributed by atoms with Gasteiger partial charge in [0.1, 0.15) is 6.04 Å². The van der Waals surface area contributed by atoms with Crippen molar-refractivity contribution in [2.75, 3.05) is 17.6 Å². The first-order chi connectivity index (χ1) is 11.1. The van der Waals surface area contributed by atoms with E-state index >= 15 is 0 Å². The largest absolute Gasteiger partial charge is 0.399 e. The fourth-order valence-corrected chi connectivity index (χ4v) is 3.26. The van der Waals surface area contributed by atoms with Crippen molar-refractivity contribution in [3.8, 4) is 0 Å². The number of hydrogen-bond acceptors (Lipinski definition) is 5. The molecular formula is C16H20Cl2N4O2S.